The van der Waals surface area contributed by atoms with Crippen molar-refractivity contribution in [3.05, 3.63) is 22.4 Å². The molecule has 6 nitrogen and oxygen atoms in total. The van der Waals surface area contributed by atoms with Crippen LogP contribution in [0.15, 0.2) is 22.5 Å². The van der Waals surface area contributed by atoms with Crippen LogP contribution in [0.4, 0.5) is 0 Å². The molecular weight excluding hydrogens is 406 g/mol. The number of piperidine rings is 1. The van der Waals surface area contributed by atoms with Crippen molar-refractivity contribution < 1.29 is 4.79 Å². The van der Waals surface area contributed by atoms with Crippen LogP contribution in [0.2, 0.25) is 0 Å². The number of guanidine groups is 1. The lowest BCUT2D eigenvalue weighted by Crippen LogP contribution is -2.48. The molecule has 3 heterocycles. The van der Waals surface area contributed by atoms with Gasteiger partial charge in [0.2, 0.25) is 5.91 Å². The van der Waals surface area contributed by atoms with E-state index in [1.54, 1.807) is 0 Å². The van der Waals surface area contributed by atoms with Gasteiger partial charge in [-0.3, -0.25) is 14.7 Å². The van der Waals surface area contributed by atoms with Gasteiger partial charge >= 0.3 is 0 Å². The second-order valence-corrected chi connectivity index (χ2v) is 10.6. The van der Waals surface area contributed by atoms with Crippen LogP contribution in [-0.2, 0) is 11.3 Å². The van der Waals surface area contributed by atoms with E-state index in [-0.39, 0.29) is 5.92 Å². The van der Waals surface area contributed by atoms with Gasteiger partial charge in [-0.05, 0) is 56.0 Å². The fraction of sp³-hybridized carbons (Fsp3) is 0.750. The fourth-order valence-corrected chi connectivity index (χ4v) is 6.15. The SMILES string of the molecule is CN=C(NCC1CCCN(Cc2cccs2)C1)NC1CCN(C(=O)C2CCCCC2)C1. The summed E-state index contributed by atoms with van der Waals surface area (Å²) < 4.78 is 0. The molecule has 0 radical (unpaired) electrons. The first kappa shape index (κ1) is 22.6. The maximum Gasteiger partial charge on any atom is 0.225 e. The van der Waals surface area contributed by atoms with Gasteiger partial charge in [0, 0.05) is 56.6 Å². The van der Waals surface area contributed by atoms with Gasteiger partial charge in [-0.2, -0.15) is 0 Å². The van der Waals surface area contributed by atoms with Gasteiger partial charge < -0.3 is 15.5 Å². The average Bonchev–Trinajstić information content (AvgIpc) is 3.49. The van der Waals surface area contributed by atoms with Gasteiger partial charge in [0.25, 0.3) is 0 Å². The summed E-state index contributed by atoms with van der Waals surface area (Å²) in [5.74, 6) is 2.20. The van der Waals surface area contributed by atoms with Crippen molar-refractivity contribution in [2.75, 3.05) is 39.8 Å². The van der Waals surface area contributed by atoms with Gasteiger partial charge in [-0.15, -0.1) is 11.3 Å². The van der Waals surface area contributed by atoms with E-state index in [0.29, 0.717) is 17.9 Å². The minimum atomic E-state index is 0.272. The van der Waals surface area contributed by atoms with Gasteiger partial charge in [-0.1, -0.05) is 25.3 Å². The molecule has 2 aliphatic heterocycles. The first-order chi connectivity index (χ1) is 15.2. The number of thiophene rings is 1. The second-order valence-electron chi connectivity index (χ2n) is 9.52. The highest BCUT2D eigenvalue weighted by molar-refractivity contribution is 7.09. The van der Waals surface area contributed by atoms with Crippen LogP contribution < -0.4 is 10.6 Å². The number of aliphatic imine (C=N–C) groups is 1. The molecule has 1 saturated carbocycles. The number of carbonyl (C=O) groups excluding carboxylic acids is 1. The highest BCUT2D eigenvalue weighted by Crippen LogP contribution is 2.27. The van der Waals surface area contributed by atoms with Crippen molar-refractivity contribution in [2.24, 2.45) is 16.8 Å². The van der Waals surface area contributed by atoms with E-state index in [4.69, 9.17) is 0 Å². The standard InChI is InChI=1S/C24H39N5OS/c1-25-24(26-15-19-7-5-12-28(16-19)18-22-10-6-14-31-22)27-21-11-13-29(17-21)23(30)20-8-3-2-4-9-20/h6,10,14,19-21H,2-5,7-9,11-13,15-18H2,1H3,(H2,25,26,27). The predicted molar refractivity (Wildman–Crippen MR) is 128 cm³/mol. The minimum Gasteiger partial charge on any atom is -0.356 e. The topological polar surface area (TPSA) is 60.0 Å². The maximum absolute atomic E-state index is 12.8. The third kappa shape index (κ3) is 6.45. The molecule has 2 unspecified atom stereocenters. The molecule has 7 heteroatoms. The monoisotopic (exact) mass is 445 g/mol. The van der Waals surface area contributed by atoms with Gasteiger partial charge in [0.15, 0.2) is 5.96 Å². The smallest absolute Gasteiger partial charge is 0.225 e. The normalized spacial score (nSPS) is 26.2. The molecule has 2 saturated heterocycles. The van der Waals surface area contributed by atoms with E-state index < -0.39 is 0 Å². The summed E-state index contributed by atoms with van der Waals surface area (Å²) in [5.41, 5.74) is 0. The fourth-order valence-electron chi connectivity index (χ4n) is 5.40. The zero-order chi connectivity index (χ0) is 21.5. The van der Waals surface area contributed by atoms with E-state index in [1.165, 1.54) is 43.5 Å². The first-order valence-electron chi connectivity index (χ1n) is 12.2. The van der Waals surface area contributed by atoms with Crippen LogP contribution in [0.5, 0.6) is 0 Å². The predicted octanol–water partition coefficient (Wildman–Crippen LogP) is 3.31. The number of likely N-dealkylation sites (tertiary alicyclic amines) is 2. The highest BCUT2D eigenvalue weighted by Gasteiger charge is 2.32. The Morgan fingerprint density at radius 1 is 1.13 bits per heavy atom. The van der Waals surface area contributed by atoms with Crippen molar-refractivity contribution in [3.8, 4) is 0 Å². The Kier molecular flexibility index (Phi) is 8.25. The number of hydrogen-bond donors (Lipinski definition) is 2. The van der Waals surface area contributed by atoms with E-state index in [0.717, 1.165) is 57.9 Å². The Balaban J connectivity index is 1.19. The van der Waals surface area contributed by atoms with Gasteiger partial charge in [0.1, 0.15) is 0 Å². The van der Waals surface area contributed by atoms with Crippen molar-refractivity contribution in [2.45, 2.75) is 64.0 Å². The lowest BCUT2D eigenvalue weighted by atomic mass is 9.88. The van der Waals surface area contributed by atoms with Crippen molar-refractivity contribution in [3.63, 3.8) is 0 Å². The van der Waals surface area contributed by atoms with Crippen molar-refractivity contribution >= 4 is 23.2 Å². The lowest BCUT2D eigenvalue weighted by Gasteiger charge is -2.33. The van der Waals surface area contributed by atoms with Crippen LogP contribution in [0.1, 0.15) is 56.2 Å². The van der Waals surface area contributed by atoms with Crippen molar-refractivity contribution in [1.29, 1.82) is 0 Å². The molecule has 4 rings (SSSR count). The lowest BCUT2D eigenvalue weighted by molar-refractivity contribution is -0.135. The number of carbonyl (C=O) groups is 1. The molecule has 3 aliphatic rings. The first-order valence-corrected chi connectivity index (χ1v) is 13.1. The summed E-state index contributed by atoms with van der Waals surface area (Å²) >= 11 is 1.85. The minimum absolute atomic E-state index is 0.272. The largest absolute Gasteiger partial charge is 0.356 e. The summed E-state index contributed by atoms with van der Waals surface area (Å²) in [7, 11) is 1.85. The molecule has 2 N–H and O–H groups in total. The van der Waals surface area contributed by atoms with E-state index >= 15 is 0 Å². The average molecular weight is 446 g/mol. The quantitative estimate of drug-likeness (QED) is 0.521. The third-order valence-electron chi connectivity index (χ3n) is 7.14. The summed E-state index contributed by atoms with van der Waals surface area (Å²) in [6, 6.07) is 4.69. The molecule has 0 aromatic carbocycles. The van der Waals surface area contributed by atoms with Crippen LogP contribution in [0.25, 0.3) is 0 Å². The number of hydrogen-bond acceptors (Lipinski definition) is 4. The zero-order valence-electron chi connectivity index (χ0n) is 19.0. The number of amides is 1. The Bertz CT molecular complexity index is 716. The van der Waals surface area contributed by atoms with Crippen LogP contribution in [0.3, 0.4) is 0 Å². The maximum atomic E-state index is 12.8. The molecule has 2 atom stereocenters. The molecule has 1 amide bonds. The van der Waals surface area contributed by atoms with Crippen LogP contribution >= 0.6 is 11.3 Å². The Morgan fingerprint density at radius 2 is 2.00 bits per heavy atom. The summed E-state index contributed by atoms with van der Waals surface area (Å²) in [6.07, 6.45) is 9.45. The van der Waals surface area contributed by atoms with Gasteiger partial charge in [0.05, 0.1) is 0 Å². The second kappa shape index (κ2) is 11.3. The summed E-state index contributed by atoms with van der Waals surface area (Å²) in [4.78, 5) is 23.4. The van der Waals surface area contributed by atoms with Crippen LogP contribution in [-0.4, -0.2) is 67.5 Å². The molecule has 0 spiro atoms. The Labute approximate surface area is 191 Å². The number of rotatable bonds is 6. The Morgan fingerprint density at radius 3 is 2.77 bits per heavy atom. The molecular formula is C24H39N5OS. The van der Waals surface area contributed by atoms with Crippen molar-refractivity contribution in [1.82, 2.24) is 20.4 Å². The summed E-state index contributed by atoms with van der Waals surface area (Å²) in [5, 5.41) is 9.31. The van der Waals surface area contributed by atoms with E-state index in [2.05, 4.69) is 42.9 Å². The van der Waals surface area contributed by atoms with E-state index in [9.17, 15) is 4.79 Å². The number of nitrogens with one attached hydrogen (secondary N) is 2. The molecule has 31 heavy (non-hydrogen) atoms. The zero-order valence-corrected chi connectivity index (χ0v) is 19.8. The molecule has 0 bridgehead atoms. The van der Waals surface area contributed by atoms with Gasteiger partial charge in [-0.25, -0.2) is 0 Å². The molecule has 172 valence electrons. The highest BCUT2D eigenvalue weighted by atomic mass is 32.1. The molecule has 1 aromatic heterocycles. The Hall–Kier alpha value is -1.60. The summed E-state index contributed by atoms with van der Waals surface area (Å²) in [6.45, 7) is 6.08. The number of nitrogens with zero attached hydrogens (tertiary/aromatic N) is 3. The third-order valence-corrected chi connectivity index (χ3v) is 8.00. The van der Waals surface area contributed by atoms with Crippen LogP contribution in [0, 0.1) is 11.8 Å². The molecule has 1 aliphatic carbocycles. The molecule has 3 fully saturated rings. The molecule has 1 aromatic rings. The van der Waals surface area contributed by atoms with E-state index in [1.807, 2.05) is 18.4 Å².